The Balaban J connectivity index is 1.57. The molecule has 1 amide bonds. The van der Waals surface area contributed by atoms with Gasteiger partial charge in [-0.3, -0.25) is 4.79 Å². The van der Waals surface area contributed by atoms with E-state index in [-0.39, 0.29) is 5.24 Å². The third-order valence-corrected chi connectivity index (χ3v) is 7.64. The summed E-state index contributed by atoms with van der Waals surface area (Å²) in [5.41, 5.74) is 6.33. The van der Waals surface area contributed by atoms with Crippen LogP contribution in [0.2, 0.25) is 0 Å². The fraction of sp³-hybridized carbons (Fsp3) is 0.276. The summed E-state index contributed by atoms with van der Waals surface area (Å²) in [6.07, 6.45) is 2.00. The number of nitrogens with zero attached hydrogens (tertiary/aromatic N) is 4. The van der Waals surface area contributed by atoms with Crippen LogP contribution in [0.1, 0.15) is 37.0 Å². The van der Waals surface area contributed by atoms with Gasteiger partial charge >= 0.3 is 5.24 Å². The molecule has 0 N–H and O–H groups in total. The Hall–Kier alpha value is -3.58. The van der Waals surface area contributed by atoms with Crippen LogP contribution in [0, 0.1) is 0 Å². The van der Waals surface area contributed by atoms with Crippen molar-refractivity contribution in [2.75, 3.05) is 25.6 Å². The topological polar surface area (TPSA) is 57.5 Å². The van der Waals surface area contributed by atoms with Crippen LogP contribution in [-0.4, -0.2) is 47.2 Å². The van der Waals surface area contributed by atoms with Gasteiger partial charge in [0.1, 0.15) is 11.6 Å². The van der Waals surface area contributed by atoms with Crippen LogP contribution in [0.5, 0.6) is 5.75 Å². The number of ether oxygens (including phenoxy) is 1. The maximum atomic E-state index is 12.2. The van der Waals surface area contributed by atoms with Crippen molar-refractivity contribution >= 4 is 39.9 Å². The number of hydrogen-bond donors (Lipinski definition) is 0. The van der Waals surface area contributed by atoms with E-state index >= 15 is 0 Å². The first-order valence-corrected chi connectivity index (χ1v) is 12.9. The number of aryl methyl sites for hydroxylation is 1. The fourth-order valence-corrected chi connectivity index (χ4v) is 5.52. The Morgan fingerprint density at radius 1 is 1.06 bits per heavy atom. The molecule has 7 heteroatoms. The van der Waals surface area contributed by atoms with Crippen molar-refractivity contribution in [1.82, 2.24) is 5.01 Å². The number of rotatable bonds is 4. The van der Waals surface area contributed by atoms with Crippen LogP contribution in [0.25, 0.3) is 0 Å². The summed E-state index contributed by atoms with van der Waals surface area (Å²) in [4.78, 5) is 19.6. The zero-order chi connectivity index (χ0) is 25.3. The van der Waals surface area contributed by atoms with Gasteiger partial charge in [0.05, 0.1) is 23.3 Å². The molecule has 2 aliphatic heterocycles. The predicted molar refractivity (Wildman–Crippen MR) is 149 cm³/mol. The van der Waals surface area contributed by atoms with E-state index in [0.717, 1.165) is 59.2 Å². The summed E-state index contributed by atoms with van der Waals surface area (Å²) >= 11 is 1.32. The van der Waals surface area contributed by atoms with Gasteiger partial charge in [0, 0.05) is 24.8 Å². The number of benzene rings is 3. The summed E-state index contributed by atoms with van der Waals surface area (Å²) in [7, 11) is 3.39. The largest absolute Gasteiger partial charge is 0.497 e. The first-order valence-electron chi connectivity index (χ1n) is 12.1. The van der Waals surface area contributed by atoms with E-state index in [4.69, 9.17) is 9.73 Å². The molecule has 2 aliphatic rings. The Labute approximate surface area is 216 Å². The number of hydrogen-bond acceptors (Lipinski definition) is 5. The van der Waals surface area contributed by atoms with Gasteiger partial charge in [-0.25, -0.2) is 10.0 Å². The summed E-state index contributed by atoms with van der Waals surface area (Å²) in [6.45, 7) is 4.99. The molecular weight excluding hydrogens is 468 g/mol. The number of hydrazone groups is 1. The molecule has 0 saturated heterocycles. The lowest BCUT2D eigenvalue weighted by Gasteiger charge is -2.35. The van der Waals surface area contributed by atoms with Crippen molar-refractivity contribution in [2.24, 2.45) is 10.1 Å². The number of carbonyl (C=O) groups excluding carboxylic acids is 1. The monoisotopic (exact) mass is 498 g/mol. The third-order valence-electron chi connectivity index (χ3n) is 6.49. The van der Waals surface area contributed by atoms with Gasteiger partial charge in [-0.15, -0.1) is 0 Å². The molecule has 3 aromatic carbocycles. The highest BCUT2D eigenvalue weighted by molar-refractivity contribution is 8.15. The van der Waals surface area contributed by atoms with Crippen LogP contribution in [-0.2, 0) is 6.42 Å². The first-order chi connectivity index (χ1) is 17.4. The SMILES string of the molecule is COc1ccc(/C(=N/c2ccccc2)N2CCCc3cc(C4=NN(C)C(=O)SC4(C)C)ccc32)cc1. The second-order valence-electron chi connectivity index (χ2n) is 9.45. The molecule has 0 aromatic heterocycles. The molecule has 5 rings (SSSR count). The summed E-state index contributed by atoms with van der Waals surface area (Å²) in [5.74, 6) is 1.73. The van der Waals surface area contributed by atoms with Crippen LogP contribution in [0.3, 0.4) is 0 Å². The van der Waals surface area contributed by atoms with Crippen LogP contribution < -0.4 is 9.64 Å². The van der Waals surface area contributed by atoms with Crippen molar-refractivity contribution in [3.8, 4) is 5.75 Å². The van der Waals surface area contributed by atoms with Crippen molar-refractivity contribution < 1.29 is 9.53 Å². The highest BCUT2D eigenvalue weighted by Gasteiger charge is 2.37. The fourth-order valence-electron chi connectivity index (χ4n) is 4.66. The minimum absolute atomic E-state index is 0.0332. The Kier molecular flexibility index (Phi) is 6.58. The molecular formula is C29H30N4O2S. The lowest BCUT2D eigenvalue weighted by Crippen LogP contribution is -2.40. The number of fused-ring (bicyclic) bond motifs is 1. The van der Waals surface area contributed by atoms with E-state index in [2.05, 4.69) is 54.2 Å². The smallest absolute Gasteiger partial charge is 0.302 e. The van der Waals surface area contributed by atoms with Crippen molar-refractivity contribution in [1.29, 1.82) is 0 Å². The van der Waals surface area contributed by atoms with Gasteiger partial charge in [-0.05, 0) is 86.3 Å². The van der Waals surface area contributed by atoms with Gasteiger partial charge in [0.2, 0.25) is 0 Å². The van der Waals surface area contributed by atoms with E-state index in [1.54, 1.807) is 14.2 Å². The average molecular weight is 499 g/mol. The first kappa shape index (κ1) is 24.1. The molecule has 0 aliphatic carbocycles. The number of carbonyl (C=O) groups is 1. The normalized spacial score (nSPS) is 17.5. The van der Waals surface area contributed by atoms with Gasteiger partial charge in [0.25, 0.3) is 0 Å². The van der Waals surface area contributed by atoms with E-state index in [0.29, 0.717) is 0 Å². The molecule has 0 spiro atoms. The van der Waals surface area contributed by atoms with Gasteiger partial charge < -0.3 is 9.64 Å². The number of amidine groups is 1. The lowest BCUT2D eigenvalue weighted by atomic mass is 9.93. The van der Waals surface area contributed by atoms with Crippen LogP contribution in [0.15, 0.2) is 82.9 Å². The van der Waals surface area contributed by atoms with E-state index < -0.39 is 4.75 Å². The van der Waals surface area contributed by atoms with Crippen LogP contribution >= 0.6 is 11.8 Å². The molecule has 6 nitrogen and oxygen atoms in total. The molecule has 36 heavy (non-hydrogen) atoms. The molecule has 3 aromatic rings. The summed E-state index contributed by atoms with van der Waals surface area (Å²) in [5, 5.41) is 6.04. The van der Waals surface area contributed by atoms with Gasteiger partial charge in [-0.2, -0.15) is 5.10 Å². The Morgan fingerprint density at radius 2 is 1.81 bits per heavy atom. The van der Waals surface area contributed by atoms with Crippen molar-refractivity contribution in [3.63, 3.8) is 0 Å². The zero-order valence-corrected chi connectivity index (χ0v) is 21.9. The van der Waals surface area contributed by atoms with E-state index in [1.165, 1.54) is 22.3 Å². The quantitative estimate of drug-likeness (QED) is 0.304. The minimum atomic E-state index is -0.394. The van der Waals surface area contributed by atoms with E-state index in [9.17, 15) is 4.79 Å². The number of thioether (sulfide) groups is 1. The number of methoxy groups -OCH3 is 1. The maximum Gasteiger partial charge on any atom is 0.302 e. The second kappa shape index (κ2) is 9.82. The predicted octanol–water partition coefficient (Wildman–Crippen LogP) is 6.51. The van der Waals surface area contributed by atoms with Crippen molar-refractivity contribution in [3.05, 3.63) is 89.5 Å². The summed E-state index contributed by atoms with van der Waals surface area (Å²) in [6, 6.07) is 24.7. The number of anilines is 1. The lowest BCUT2D eigenvalue weighted by molar-refractivity contribution is 0.234. The maximum absolute atomic E-state index is 12.2. The van der Waals surface area contributed by atoms with Gasteiger partial charge in [-0.1, -0.05) is 36.0 Å². The van der Waals surface area contributed by atoms with Crippen LogP contribution in [0.4, 0.5) is 16.2 Å². The minimum Gasteiger partial charge on any atom is -0.497 e. The molecule has 0 bridgehead atoms. The van der Waals surface area contributed by atoms with Crippen molar-refractivity contribution in [2.45, 2.75) is 31.4 Å². The van der Waals surface area contributed by atoms with Gasteiger partial charge in [0.15, 0.2) is 0 Å². The Bertz CT molecular complexity index is 1330. The highest BCUT2D eigenvalue weighted by Crippen LogP contribution is 2.37. The molecule has 0 fully saturated rings. The van der Waals surface area contributed by atoms with E-state index in [1.807, 2.05) is 42.5 Å². The molecule has 184 valence electrons. The molecule has 2 heterocycles. The number of amides is 1. The zero-order valence-electron chi connectivity index (χ0n) is 21.1. The standard InChI is InChI=1S/C29H30N4O2S/c1-29(2)26(31-32(3)28(34)36-29)22-14-17-25-21(19-22)9-8-18-33(25)27(30-23-10-6-5-7-11-23)20-12-15-24(35-4)16-13-20/h5-7,10-17,19H,8-9,18H2,1-4H3/b30-27-. The average Bonchev–Trinajstić information content (AvgIpc) is 2.89. The number of para-hydroxylation sites is 1. The highest BCUT2D eigenvalue weighted by atomic mass is 32.2. The number of aliphatic imine (C=N–C) groups is 1. The third kappa shape index (κ3) is 4.75. The molecule has 0 saturated carbocycles. The summed E-state index contributed by atoms with van der Waals surface area (Å²) < 4.78 is 4.99. The molecule has 0 radical (unpaired) electrons. The second-order valence-corrected chi connectivity index (χ2v) is 11.0. The molecule has 0 unspecified atom stereocenters. The molecule has 0 atom stereocenters. The Morgan fingerprint density at radius 3 is 2.53 bits per heavy atom.